The van der Waals surface area contributed by atoms with E-state index in [0.717, 1.165) is 18.4 Å². The monoisotopic (exact) mass is 477 g/mol. The molecule has 0 atom stereocenters. The second-order valence-corrected chi connectivity index (χ2v) is 8.66. The van der Waals surface area contributed by atoms with Crippen LogP contribution in [0.5, 0.6) is 5.75 Å². The Labute approximate surface area is 195 Å². The molecule has 1 aromatic carbocycles. The summed E-state index contributed by atoms with van der Waals surface area (Å²) < 4.78 is 47.4. The van der Waals surface area contributed by atoms with Gasteiger partial charge in [0, 0.05) is 43.5 Å². The standard InChI is InChI=1S/C24H26F3N3O4/c1-15-10-17(2-3-20(15)34-14-24(25,26)27)12-30-13-19-18(23(30)32)4-7-28-22(19)29-21(31)11-16-5-8-33-9-6-16/h2-4,7,10,16H,5-6,8-9,11-14H2,1H3,(H,28,29,31). The Kier molecular flexibility index (Phi) is 7.06. The summed E-state index contributed by atoms with van der Waals surface area (Å²) in [6.07, 6.45) is -0.834. The van der Waals surface area contributed by atoms with Crippen LogP contribution >= 0.6 is 0 Å². The van der Waals surface area contributed by atoms with E-state index in [2.05, 4.69) is 10.3 Å². The molecule has 0 bridgehead atoms. The number of nitrogens with zero attached hydrogens (tertiary/aromatic N) is 2. The first kappa shape index (κ1) is 24.0. The van der Waals surface area contributed by atoms with E-state index >= 15 is 0 Å². The van der Waals surface area contributed by atoms with Gasteiger partial charge in [0.15, 0.2) is 6.61 Å². The molecule has 7 nitrogen and oxygen atoms in total. The lowest BCUT2D eigenvalue weighted by Gasteiger charge is -2.21. The number of carbonyl (C=O) groups excluding carboxylic acids is 2. The molecule has 4 rings (SSSR count). The van der Waals surface area contributed by atoms with Gasteiger partial charge in [-0.3, -0.25) is 9.59 Å². The number of ether oxygens (including phenoxy) is 2. The van der Waals surface area contributed by atoms with Gasteiger partial charge in [-0.2, -0.15) is 13.2 Å². The molecule has 1 aromatic heterocycles. The van der Waals surface area contributed by atoms with E-state index in [9.17, 15) is 22.8 Å². The van der Waals surface area contributed by atoms with Gasteiger partial charge in [0.25, 0.3) is 5.91 Å². The number of carbonyl (C=O) groups is 2. The Bertz CT molecular complexity index is 1070. The maximum absolute atomic E-state index is 12.9. The second-order valence-electron chi connectivity index (χ2n) is 8.66. The maximum atomic E-state index is 12.9. The molecule has 1 N–H and O–H groups in total. The largest absolute Gasteiger partial charge is 0.484 e. The Morgan fingerprint density at radius 1 is 1.26 bits per heavy atom. The number of hydrogen-bond donors (Lipinski definition) is 1. The van der Waals surface area contributed by atoms with E-state index in [1.54, 1.807) is 30.0 Å². The summed E-state index contributed by atoms with van der Waals surface area (Å²) in [6, 6.07) is 6.46. The van der Waals surface area contributed by atoms with Crippen molar-refractivity contribution < 1.29 is 32.2 Å². The van der Waals surface area contributed by atoms with Crippen LogP contribution in [0.25, 0.3) is 0 Å². The van der Waals surface area contributed by atoms with Gasteiger partial charge >= 0.3 is 6.18 Å². The highest BCUT2D eigenvalue weighted by Gasteiger charge is 2.31. The van der Waals surface area contributed by atoms with E-state index in [4.69, 9.17) is 9.47 Å². The van der Waals surface area contributed by atoms with Crippen molar-refractivity contribution in [2.45, 2.75) is 45.5 Å². The SMILES string of the molecule is Cc1cc(CN2Cc3c(ccnc3NC(=O)CC3CCOCC3)C2=O)ccc1OCC(F)(F)F. The topological polar surface area (TPSA) is 80.8 Å². The minimum absolute atomic E-state index is 0.135. The molecule has 1 saturated heterocycles. The first-order chi connectivity index (χ1) is 16.2. The van der Waals surface area contributed by atoms with Crippen LogP contribution in [0, 0.1) is 12.8 Å². The normalized spacial score (nSPS) is 16.5. The van der Waals surface area contributed by atoms with Crippen LogP contribution in [-0.2, 0) is 22.6 Å². The molecule has 2 aliphatic rings. The van der Waals surface area contributed by atoms with Crippen LogP contribution in [-0.4, -0.2) is 47.7 Å². The summed E-state index contributed by atoms with van der Waals surface area (Å²) in [7, 11) is 0. The van der Waals surface area contributed by atoms with E-state index in [0.29, 0.717) is 42.1 Å². The second kappa shape index (κ2) is 10.0. The minimum atomic E-state index is -4.41. The fraction of sp³-hybridized carbons (Fsp3) is 0.458. The fourth-order valence-electron chi connectivity index (χ4n) is 4.27. The summed E-state index contributed by atoms with van der Waals surface area (Å²) in [4.78, 5) is 31.4. The molecule has 34 heavy (non-hydrogen) atoms. The van der Waals surface area contributed by atoms with Crippen molar-refractivity contribution in [3.05, 3.63) is 52.7 Å². The van der Waals surface area contributed by atoms with Crippen molar-refractivity contribution in [1.82, 2.24) is 9.88 Å². The van der Waals surface area contributed by atoms with Crippen LogP contribution in [0.15, 0.2) is 30.5 Å². The Balaban J connectivity index is 1.40. The van der Waals surface area contributed by atoms with Crippen molar-refractivity contribution in [3.8, 4) is 5.75 Å². The first-order valence-electron chi connectivity index (χ1n) is 11.1. The third-order valence-electron chi connectivity index (χ3n) is 6.00. The molecule has 10 heteroatoms. The quantitative estimate of drug-likeness (QED) is 0.645. The van der Waals surface area contributed by atoms with Gasteiger partial charge in [0.05, 0.1) is 6.54 Å². The maximum Gasteiger partial charge on any atom is 0.422 e. The summed E-state index contributed by atoms with van der Waals surface area (Å²) in [6.45, 7) is 2.17. The zero-order valence-electron chi connectivity index (χ0n) is 18.8. The van der Waals surface area contributed by atoms with Crippen molar-refractivity contribution in [3.63, 3.8) is 0 Å². The van der Waals surface area contributed by atoms with Gasteiger partial charge in [-0.05, 0) is 48.9 Å². The van der Waals surface area contributed by atoms with E-state index in [-0.39, 0.29) is 36.6 Å². The van der Waals surface area contributed by atoms with Crippen molar-refractivity contribution >= 4 is 17.6 Å². The van der Waals surface area contributed by atoms with Crippen molar-refractivity contribution in [2.75, 3.05) is 25.1 Å². The van der Waals surface area contributed by atoms with E-state index in [1.165, 1.54) is 12.3 Å². The molecule has 0 aliphatic carbocycles. The molecule has 182 valence electrons. The van der Waals surface area contributed by atoms with Crippen LogP contribution in [0.4, 0.5) is 19.0 Å². The average Bonchev–Trinajstić information content (AvgIpc) is 3.09. The summed E-state index contributed by atoms with van der Waals surface area (Å²) in [5.41, 5.74) is 2.46. The predicted octanol–water partition coefficient (Wildman–Crippen LogP) is 4.24. The van der Waals surface area contributed by atoms with Gasteiger partial charge in [-0.1, -0.05) is 12.1 Å². The van der Waals surface area contributed by atoms with Gasteiger partial charge < -0.3 is 19.7 Å². The average molecular weight is 477 g/mol. The minimum Gasteiger partial charge on any atom is -0.484 e. The summed E-state index contributed by atoms with van der Waals surface area (Å²) in [5.74, 6) is 0.486. The molecular formula is C24H26F3N3O4. The molecule has 0 saturated carbocycles. The number of alkyl halides is 3. The highest BCUT2D eigenvalue weighted by Crippen LogP contribution is 2.30. The third kappa shape index (κ3) is 5.85. The first-order valence-corrected chi connectivity index (χ1v) is 11.1. The highest BCUT2D eigenvalue weighted by molar-refractivity contribution is 6.01. The molecular weight excluding hydrogens is 451 g/mol. The zero-order valence-corrected chi connectivity index (χ0v) is 18.8. The smallest absolute Gasteiger partial charge is 0.422 e. The number of rotatable bonds is 7. The van der Waals surface area contributed by atoms with Crippen molar-refractivity contribution in [2.24, 2.45) is 5.92 Å². The third-order valence-corrected chi connectivity index (χ3v) is 6.00. The van der Waals surface area contributed by atoms with Gasteiger partial charge in [0.1, 0.15) is 11.6 Å². The Hall–Kier alpha value is -3.14. The van der Waals surface area contributed by atoms with E-state index in [1.807, 2.05) is 0 Å². The fourth-order valence-corrected chi connectivity index (χ4v) is 4.27. The molecule has 0 unspecified atom stereocenters. The predicted molar refractivity (Wildman–Crippen MR) is 117 cm³/mol. The molecule has 3 heterocycles. The number of benzene rings is 1. The van der Waals surface area contributed by atoms with Crippen molar-refractivity contribution in [1.29, 1.82) is 0 Å². The number of anilines is 1. The molecule has 2 amide bonds. The van der Waals surface area contributed by atoms with Gasteiger partial charge in [-0.15, -0.1) is 0 Å². The summed E-state index contributed by atoms with van der Waals surface area (Å²) in [5, 5.41) is 2.86. The molecule has 1 fully saturated rings. The number of aryl methyl sites for hydroxylation is 1. The van der Waals surface area contributed by atoms with Gasteiger partial charge in [0.2, 0.25) is 5.91 Å². The number of halogens is 3. The molecule has 2 aromatic rings. The number of aromatic nitrogens is 1. The number of hydrogen-bond acceptors (Lipinski definition) is 5. The summed E-state index contributed by atoms with van der Waals surface area (Å²) >= 11 is 0. The van der Waals surface area contributed by atoms with Crippen LogP contribution in [0.1, 0.15) is 46.3 Å². The Morgan fingerprint density at radius 3 is 2.74 bits per heavy atom. The van der Waals surface area contributed by atoms with Crippen LogP contribution in [0.3, 0.4) is 0 Å². The van der Waals surface area contributed by atoms with Crippen LogP contribution < -0.4 is 10.1 Å². The van der Waals surface area contributed by atoms with E-state index < -0.39 is 12.8 Å². The molecule has 0 radical (unpaired) electrons. The van der Waals surface area contributed by atoms with Crippen LogP contribution in [0.2, 0.25) is 0 Å². The lowest BCUT2D eigenvalue weighted by Crippen LogP contribution is -2.24. The lowest BCUT2D eigenvalue weighted by atomic mass is 9.96. The Morgan fingerprint density at radius 2 is 2.03 bits per heavy atom. The highest BCUT2D eigenvalue weighted by atomic mass is 19.4. The lowest BCUT2D eigenvalue weighted by molar-refractivity contribution is -0.153. The molecule has 0 spiro atoms. The zero-order chi connectivity index (χ0) is 24.3. The van der Waals surface area contributed by atoms with Gasteiger partial charge in [-0.25, -0.2) is 4.98 Å². The number of pyridine rings is 1. The number of amides is 2. The number of nitrogens with one attached hydrogen (secondary N) is 1. The molecule has 2 aliphatic heterocycles. The number of fused-ring (bicyclic) bond motifs is 1.